The molecule has 0 aliphatic heterocycles. The molecule has 0 amide bonds. The van der Waals surface area contributed by atoms with Crippen molar-refractivity contribution in [1.29, 1.82) is 0 Å². The molecular weight excluding hydrogens is 254 g/mol. The van der Waals surface area contributed by atoms with Crippen LogP contribution in [-0.2, 0) is 6.42 Å². The molecule has 1 nitrogen and oxygen atoms in total. The van der Waals surface area contributed by atoms with E-state index in [0.29, 0.717) is 0 Å². The highest BCUT2D eigenvalue weighted by Gasteiger charge is 2.06. The van der Waals surface area contributed by atoms with Crippen LogP contribution in [0.2, 0.25) is 0 Å². The van der Waals surface area contributed by atoms with Gasteiger partial charge in [-0.25, -0.2) is 0 Å². The lowest BCUT2D eigenvalue weighted by Gasteiger charge is -2.10. The number of benzene rings is 3. The second kappa shape index (κ2) is 6.17. The minimum Gasteiger partial charge on any atom is -0.398 e. The second-order valence-electron chi connectivity index (χ2n) is 5.87. The molecule has 3 rings (SSSR count). The fourth-order valence-electron chi connectivity index (χ4n) is 3.04. The summed E-state index contributed by atoms with van der Waals surface area (Å²) in [7, 11) is 0. The van der Waals surface area contributed by atoms with Crippen LogP contribution < -0.4 is 5.73 Å². The molecule has 2 N–H and O–H groups in total. The Morgan fingerprint density at radius 3 is 2.33 bits per heavy atom. The third-order valence-electron chi connectivity index (χ3n) is 4.32. The fraction of sp³-hybridized carbons (Fsp3) is 0.300. The maximum absolute atomic E-state index is 6.42. The maximum Gasteiger partial charge on any atom is 0.0426 e. The van der Waals surface area contributed by atoms with Crippen LogP contribution in [0.15, 0.2) is 48.5 Å². The standard InChI is InChI=1S/C20H23N/c1-2-3-4-5-8-15-11-12-18-13-16-9-6-7-10-17(16)14-19(18)20(15)21/h6-7,9-14H,2-5,8,21H2,1H3. The number of nitrogens with two attached hydrogens (primary N) is 1. The van der Waals surface area contributed by atoms with Gasteiger partial charge in [0.25, 0.3) is 0 Å². The first-order valence-electron chi connectivity index (χ1n) is 7.99. The first-order chi connectivity index (χ1) is 10.3. The smallest absolute Gasteiger partial charge is 0.0426 e. The molecule has 0 unspecified atom stereocenters. The molecule has 0 spiro atoms. The SMILES string of the molecule is CCCCCCc1ccc2cc3ccccc3cc2c1N. The number of hydrogen-bond donors (Lipinski definition) is 1. The van der Waals surface area contributed by atoms with Crippen LogP contribution in [0.1, 0.15) is 38.2 Å². The van der Waals surface area contributed by atoms with Gasteiger partial charge < -0.3 is 5.73 Å². The van der Waals surface area contributed by atoms with Gasteiger partial charge >= 0.3 is 0 Å². The van der Waals surface area contributed by atoms with Crippen LogP contribution in [0.5, 0.6) is 0 Å². The molecule has 0 heterocycles. The molecule has 0 atom stereocenters. The lowest BCUT2D eigenvalue weighted by atomic mass is 9.97. The summed E-state index contributed by atoms with van der Waals surface area (Å²) in [5, 5.41) is 4.98. The zero-order valence-electron chi connectivity index (χ0n) is 12.7. The van der Waals surface area contributed by atoms with E-state index >= 15 is 0 Å². The van der Waals surface area contributed by atoms with Crippen molar-refractivity contribution in [2.75, 3.05) is 5.73 Å². The largest absolute Gasteiger partial charge is 0.398 e. The average molecular weight is 277 g/mol. The summed E-state index contributed by atoms with van der Waals surface area (Å²) in [5.41, 5.74) is 8.69. The Balaban J connectivity index is 1.97. The van der Waals surface area contributed by atoms with Gasteiger partial charge in [-0.15, -0.1) is 0 Å². The molecule has 0 saturated heterocycles. The van der Waals surface area contributed by atoms with Crippen molar-refractivity contribution >= 4 is 27.2 Å². The molecule has 0 saturated carbocycles. The summed E-state index contributed by atoms with van der Waals surface area (Å²) in [5.74, 6) is 0. The molecule has 0 aliphatic carbocycles. The lowest BCUT2D eigenvalue weighted by Crippen LogP contribution is -1.96. The van der Waals surface area contributed by atoms with Crippen molar-refractivity contribution < 1.29 is 0 Å². The van der Waals surface area contributed by atoms with E-state index in [1.165, 1.54) is 52.8 Å². The summed E-state index contributed by atoms with van der Waals surface area (Å²) < 4.78 is 0. The van der Waals surface area contributed by atoms with Crippen LogP contribution >= 0.6 is 0 Å². The monoisotopic (exact) mass is 277 g/mol. The number of nitrogen functional groups attached to an aromatic ring is 1. The molecular formula is C20H23N. The van der Waals surface area contributed by atoms with Crippen molar-refractivity contribution in [3.8, 4) is 0 Å². The normalized spacial score (nSPS) is 11.3. The predicted molar refractivity (Wildman–Crippen MR) is 93.7 cm³/mol. The third kappa shape index (κ3) is 2.87. The summed E-state index contributed by atoms with van der Waals surface area (Å²) in [6, 6.07) is 17.4. The number of anilines is 1. The first-order valence-corrected chi connectivity index (χ1v) is 7.99. The van der Waals surface area contributed by atoms with Crippen LogP contribution in [-0.4, -0.2) is 0 Å². The van der Waals surface area contributed by atoms with Gasteiger partial charge in [-0.05, 0) is 46.7 Å². The van der Waals surface area contributed by atoms with E-state index in [0.717, 1.165) is 12.1 Å². The molecule has 1 heteroatoms. The van der Waals surface area contributed by atoms with E-state index in [-0.39, 0.29) is 0 Å². The second-order valence-corrected chi connectivity index (χ2v) is 5.87. The quantitative estimate of drug-likeness (QED) is 0.361. The van der Waals surface area contributed by atoms with Gasteiger partial charge in [0, 0.05) is 11.1 Å². The lowest BCUT2D eigenvalue weighted by molar-refractivity contribution is 0.667. The van der Waals surface area contributed by atoms with Crippen molar-refractivity contribution in [2.24, 2.45) is 0 Å². The number of aryl methyl sites for hydroxylation is 1. The predicted octanol–water partition coefficient (Wildman–Crippen LogP) is 5.70. The van der Waals surface area contributed by atoms with Gasteiger partial charge in [-0.1, -0.05) is 62.6 Å². The molecule has 21 heavy (non-hydrogen) atoms. The van der Waals surface area contributed by atoms with Crippen molar-refractivity contribution in [2.45, 2.75) is 39.0 Å². The number of rotatable bonds is 5. The molecule has 0 aromatic heterocycles. The number of fused-ring (bicyclic) bond motifs is 2. The van der Waals surface area contributed by atoms with E-state index < -0.39 is 0 Å². The fourth-order valence-corrected chi connectivity index (χ4v) is 3.04. The molecule has 0 radical (unpaired) electrons. The Hall–Kier alpha value is -2.02. The van der Waals surface area contributed by atoms with Gasteiger partial charge in [0.05, 0.1) is 0 Å². The number of unbranched alkanes of at least 4 members (excludes halogenated alkanes) is 3. The van der Waals surface area contributed by atoms with Crippen LogP contribution in [0.4, 0.5) is 5.69 Å². The average Bonchev–Trinajstić information content (AvgIpc) is 2.52. The van der Waals surface area contributed by atoms with Crippen LogP contribution in [0, 0.1) is 0 Å². The summed E-state index contributed by atoms with van der Waals surface area (Å²) in [4.78, 5) is 0. The van der Waals surface area contributed by atoms with Gasteiger partial charge in [-0.3, -0.25) is 0 Å². The molecule has 3 aromatic carbocycles. The van der Waals surface area contributed by atoms with Crippen molar-refractivity contribution in [1.82, 2.24) is 0 Å². The Kier molecular flexibility index (Phi) is 4.10. The number of hydrogen-bond acceptors (Lipinski definition) is 1. The van der Waals surface area contributed by atoms with E-state index in [2.05, 4.69) is 55.5 Å². The Morgan fingerprint density at radius 2 is 1.57 bits per heavy atom. The van der Waals surface area contributed by atoms with Gasteiger partial charge in [0.15, 0.2) is 0 Å². The third-order valence-corrected chi connectivity index (χ3v) is 4.32. The van der Waals surface area contributed by atoms with E-state index in [1.807, 2.05) is 0 Å². The maximum atomic E-state index is 6.42. The van der Waals surface area contributed by atoms with E-state index in [9.17, 15) is 0 Å². The van der Waals surface area contributed by atoms with Crippen molar-refractivity contribution in [3.05, 3.63) is 54.1 Å². The molecule has 0 aliphatic rings. The molecule has 3 aromatic rings. The van der Waals surface area contributed by atoms with Gasteiger partial charge in [0.2, 0.25) is 0 Å². The highest BCUT2D eigenvalue weighted by Crippen LogP contribution is 2.30. The summed E-state index contributed by atoms with van der Waals surface area (Å²) >= 11 is 0. The minimum absolute atomic E-state index is 0.967. The van der Waals surface area contributed by atoms with Gasteiger partial charge in [0.1, 0.15) is 0 Å². The first kappa shape index (κ1) is 13.9. The highest BCUT2D eigenvalue weighted by atomic mass is 14.6. The van der Waals surface area contributed by atoms with Gasteiger partial charge in [-0.2, -0.15) is 0 Å². The zero-order chi connectivity index (χ0) is 14.7. The molecule has 108 valence electrons. The molecule has 0 fully saturated rings. The topological polar surface area (TPSA) is 26.0 Å². The molecule has 0 bridgehead atoms. The summed E-state index contributed by atoms with van der Waals surface area (Å²) in [6.45, 7) is 2.25. The minimum atomic E-state index is 0.967. The van der Waals surface area contributed by atoms with E-state index in [4.69, 9.17) is 5.73 Å². The van der Waals surface area contributed by atoms with Crippen molar-refractivity contribution in [3.63, 3.8) is 0 Å². The Bertz CT molecular complexity index is 758. The van der Waals surface area contributed by atoms with Crippen LogP contribution in [0.3, 0.4) is 0 Å². The van der Waals surface area contributed by atoms with Crippen LogP contribution in [0.25, 0.3) is 21.5 Å². The highest BCUT2D eigenvalue weighted by molar-refractivity contribution is 6.03. The summed E-state index contributed by atoms with van der Waals surface area (Å²) in [6.07, 6.45) is 6.22. The Morgan fingerprint density at radius 1 is 0.810 bits per heavy atom. The Labute approximate surface area is 126 Å². The van der Waals surface area contributed by atoms with E-state index in [1.54, 1.807) is 0 Å². The zero-order valence-corrected chi connectivity index (χ0v) is 12.7.